The minimum atomic E-state index is -0.393. The third-order valence-corrected chi connectivity index (χ3v) is 3.84. The number of carbonyl (C=O) groups is 1. The summed E-state index contributed by atoms with van der Waals surface area (Å²) in [7, 11) is 0. The highest BCUT2D eigenvalue weighted by Gasteiger charge is 2.18. The predicted octanol–water partition coefficient (Wildman–Crippen LogP) is 3.73. The molecule has 5 nitrogen and oxygen atoms in total. The fourth-order valence-electron chi connectivity index (χ4n) is 1.71. The lowest BCUT2D eigenvalue weighted by molar-refractivity contribution is 0.0529. The predicted molar refractivity (Wildman–Crippen MR) is 81.8 cm³/mol. The summed E-state index contributed by atoms with van der Waals surface area (Å²) in [5.74, 6) is 0.101. The van der Waals surface area contributed by atoms with Crippen molar-refractivity contribution >= 4 is 45.1 Å². The Kier molecular flexibility index (Phi) is 5.14. The molecule has 0 radical (unpaired) electrons. The summed E-state index contributed by atoms with van der Waals surface area (Å²) >= 11 is 7.53. The van der Waals surface area contributed by atoms with Crippen LogP contribution in [0.25, 0.3) is 10.2 Å². The number of anilines is 1. The number of hydrogen-bond donors (Lipinski definition) is 1. The molecule has 0 bridgehead atoms. The maximum absolute atomic E-state index is 11.8. The molecule has 0 fully saturated rings. The first-order valence-electron chi connectivity index (χ1n) is 6.53. The molecule has 2 aromatic heterocycles. The second kappa shape index (κ2) is 6.85. The second-order valence-corrected chi connectivity index (χ2v) is 5.38. The van der Waals surface area contributed by atoms with E-state index in [0.29, 0.717) is 28.3 Å². The van der Waals surface area contributed by atoms with Gasteiger partial charge in [-0.25, -0.2) is 14.8 Å². The van der Waals surface area contributed by atoms with Crippen LogP contribution in [0.1, 0.15) is 37.0 Å². The molecule has 0 saturated carbocycles. The van der Waals surface area contributed by atoms with E-state index in [0.717, 1.165) is 19.4 Å². The number of unbranched alkanes of at least 4 members (excludes halogenated alkanes) is 1. The van der Waals surface area contributed by atoms with Gasteiger partial charge in [0.05, 0.1) is 17.6 Å². The minimum Gasteiger partial charge on any atom is -0.462 e. The van der Waals surface area contributed by atoms with E-state index in [9.17, 15) is 4.79 Å². The van der Waals surface area contributed by atoms with Gasteiger partial charge in [-0.05, 0) is 13.3 Å². The Morgan fingerprint density at radius 1 is 1.45 bits per heavy atom. The van der Waals surface area contributed by atoms with Crippen LogP contribution in [0.5, 0.6) is 0 Å². The Hall–Kier alpha value is -1.40. The third kappa shape index (κ3) is 3.19. The lowest BCUT2D eigenvalue weighted by Crippen LogP contribution is -2.06. The summed E-state index contributed by atoms with van der Waals surface area (Å²) in [6.07, 6.45) is 2.13. The van der Waals surface area contributed by atoms with Crippen molar-refractivity contribution in [1.29, 1.82) is 0 Å². The molecule has 0 aliphatic carbocycles. The highest BCUT2D eigenvalue weighted by atomic mass is 35.5. The van der Waals surface area contributed by atoms with E-state index in [1.54, 1.807) is 12.3 Å². The Balaban J connectivity index is 2.31. The number of rotatable bonds is 6. The lowest BCUT2D eigenvalue weighted by Gasteiger charge is -2.05. The number of fused-ring (bicyclic) bond motifs is 1. The van der Waals surface area contributed by atoms with Gasteiger partial charge < -0.3 is 10.1 Å². The standard InChI is InChI=1S/C13H16ClN3O2S/c1-3-5-6-15-13-16-10(14)9-8(12(18)19-4-2)7-20-11(9)17-13/h7H,3-6H2,1-2H3,(H,15,16,17). The number of carbonyl (C=O) groups excluding carboxylic acids is 1. The molecule has 0 aliphatic heterocycles. The molecule has 7 heteroatoms. The fraction of sp³-hybridized carbons (Fsp3) is 0.462. The van der Waals surface area contributed by atoms with Crippen LogP contribution in [0.3, 0.4) is 0 Å². The number of thiophene rings is 1. The van der Waals surface area contributed by atoms with E-state index in [4.69, 9.17) is 16.3 Å². The molecule has 20 heavy (non-hydrogen) atoms. The molecule has 0 aliphatic rings. The zero-order chi connectivity index (χ0) is 14.5. The van der Waals surface area contributed by atoms with Crippen LogP contribution < -0.4 is 5.32 Å². The van der Waals surface area contributed by atoms with Crippen molar-refractivity contribution in [1.82, 2.24) is 9.97 Å². The Morgan fingerprint density at radius 3 is 2.95 bits per heavy atom. The van der Waals surface area contributed by atoms with E-state index >= 15 is 0 Å². The maximum atomic E-state index is 11.8. The minimum absolute atomic E-state index is 0.276. The van der Waals surface area contributed by atoms with Crippen molar-refractivity contribution in [2.24, 2.45) is 0 Å². The monoisotopic (exact) mass is 313 g/mol. The van der Waals surface area contributed by atoms with Gasteiger partial charge in [-0.3, -0.25) is 0 Å². The van der Waals surface area contributed by atoms with Crippen LogP contribution in [-0.2, 0) is 4.74 Å². The highest BCUT2D eigenvalue weighted by molar-refractivity contribution is 7.17. The van der Waals surface area contributed by atoms with Crippen LogP contribution in [0.4, 0.5) is 5.95 Å². The van der Waals surface area contributed by atoms with Crippen molar-refractivity contribution in [3.63, 3.8) is 0 Å². The Labute approximate surface area is 126 Å². The highest BCUT2D eigenvalue weighted by Crippen LogP contribution is 2.31. The van der Waals surface area contributed by atoms with Crippen molar-refractivity contribution < 1.29 is 9.53 Å². The summed E-state index contributed by atoms with van der Waals surface area (Å²) < 4.78 is 5.00. The molecule has 0 unspecified atom stereocenters. The van der Waals surface area contributed by atoms with Crippen LogP contribution in [-0.4, -0.2) is 29.1 Å². The molecule has 0 atom stereocenters. The molecule has 0 spiro atoms. The van der Waals surface area contributed by atoms with Gasteiger partial charge in [-0.1, -0.05) is 24.9 Å². The maximum Gasteiger partial charge on any atom is 0.339 e. The summed E-state index contributed by atoms with van der Waals surface area (Å²) in [5.41, 5.74) is 0.428. The number of halogens is 1. The topological polar surface area (TPSA) is 64.1 Å². The molecular weight excluding hydrogens is 298 g/mol. The van der Waals surface area contributed by atoms with E-state index in [1.807, 2.05) is 0 Å². The number of aromatic nitrogens is 2. The number of nitrogens with zero attached hydrogens (tertiary/aromatic N) is 2. The number of nitrogens with one attached hydrogen (secondary N) is 1. The quantitative estimate of drug-likeness (QED) is 0.500. The van der Waals surface area contributed by atoms with Gasteiger partial charge in [0.2, 0.25) is 5.95 Å². The van der Waals surface area contributed by atoms with Crippen LogP contribution in [0.2, 0.25) is 5.15 Å². The summed E-state index contributed by atoms with van der Waals surface area (Å²) in [6.45, 7) is 5.00. The van der Waals surface area contributed by atoms with E-state index in [2.05, 4.69) is 22.2 Å². The molecule has 108 valence electrons. The van der Waals surface area contributed by atoms with E-state index in [1.165, 1.54) is 11.3 Å². The van der Waals surface area contributed by atoms with E-state index < -0.39 is 5.97 Å². The zero-order valence-electron chi connectivity index (χ0n) is 11.4. The lowest BCUT2D eigenvalue weighted by atomic mass is 10.2. The van der Waals surface area contributed by atoms with Gasteiger partial charge in [0.1, 0.15) is 9.98 Å². The first kappa shape index (κ1) is 15.0. The summed E-state index contributed by atoms with van der Waals surface area (Å²) in [5, 5.41) is 5.68. The molecule has 1 N–H and O–H groups in total. The SMILES string of the molecule is CCCCNc1nc(Cl)c2c(C(=O)OCC)csc2n1. The first-order chi connectivity index (χ1) is 9.67. The first-order valence-corrected chi connectivity index (χ1v) is 7.78. The smallest absolute Gasteiger partial charge is 0.339 e. The van der Waals surface area contributed by atoms with Gasteiger partial charge >= 0.3 is 5.97 Å². The van der Waals surface area contributed by atoms with Gasteiger partial charge in [0, 0.05) is 11.9 Å². The van der Waals surface area contributed by atoms with Crippen LogP contribution in [0.15, 0.2) is 5.38 Å². The molecule has 0 amide bonds. The fourth-order valence-corrected chi connectivity index (χ4v) is 2.95. The second-order valence-electron chi connectivity index (χ2n) is 4.17. The molecule has 2 heterocycles. The average Bonchev–Trinajstić information content (AvgIpc) is 2.84. The number of ether oxygens (including phenoxy) is 1. The van der Waals surface area contributed by atoms with Gasteiger partial charge in [-0.15, -0.1) is 11.3 Å². The molecule has 0 saturated heterocycles. The zero-order valence-corrected chi connectivity index (χ0v) is 13.0. The molecule has 2 aromatic rings. The number of hydrogen-bond acceptors (Lipinski definition) is 6. The van der Waals surface area contributed by atoms with Gasteiger partial charge in [0.15, 0.2) is 0 Å². The normalized spacial score (nSPS) is 10.8. The van der Waals surface area contributed by atoms with Crippen molar-refractivity contribution in [3.05, 3.63) is 16.1 Å². The van der Waals surface area contributed by atoms with Crippen LogP contribution in [0, 0.1) is 0 Å². The summed E-state index contributed by atoms with van der Waals surface area (Å²) in [4.78, 5) is 21.1. The van der Waals surface area contributed by atoms with Gasteiger partial charge in [-0.2, -0.15) is 0 Å². The van der Waals surface area contributed by atoms with Crippen molar-refractivity contribution in [2.45, 2.75) is 26.7 Å². The van der Waals surface area contributed by atoms with Crippen LogP contribution >= 0.6 is 22.9 Å². The van der Waals surface area contributed by atoms with Crippen molar-refractivity contribution in [2.75, 3.05) is 18.5 Å². The molecule has 2 rings (SSSR count). The molecule has 0 aromatic carbocycles. The molecular formula is C13H16ClN3O2S. The Bertz CT molecular complexity index is 615. The average molecular weight is 314 g/mol. The largest absolute Gasteiger partial charge is 0.462 e. The third-order valence-electron chi connectivity index (χ3n) is 2.70. The van der Waals surface area contributed by atoms with E-state index in [-0.39, 0.29) is 5.15 Å². The van der Waals surface area contributed by atoms with Crippen molar-refractivity contribution in [3.8, 4) is 0 Å². The van der Waals surface area contributed by atoms with Gasteiger partial charge in [0.25, 0.3) is 0 Å². The summed E-state index contributed by atoms with van der Waals surface area (Å²) in [6, 6.07) is 0. The number of esters is 1. The Morgan fingerprint density at radius 2 is 2.25 bits per heavy atom.